The molecule has 2 aromatic heterocycles. The zero-order valence-electron chi connectivity index (χ0n) is 25.9. The number of aryl methyl sites for hydroxylation is 1. The topological polar surface area (TPSA) is 38.7 Å². The van der Waals surface area contributed by atoms with Gasteiger partial charge in [0.1, 0.15) is 0 Å². The van der Waals surface area contributed by atoms with Gasteiger partial charge < -0.3 is 0 Å². The molecule has 0 saturated carbocycles. The van der Waals surface area contributed by atoms with Gasteiger partial charge in [0.05, 0.1) is 11.4 Å². The molecule has 1 aliphatic rings. The first-order valence-corrected chi connectivity index (χ1v) is 15.9. The lowest BCUT2D eigenvalue weighted by Crippen LogP contribution is -1.96. The third kappa shape index (κ3) is 4.63. The van der Waals surface area contributed by atoms with Crippen molar-refractivity contribution >= 4 is 10.8 Å². The molecule has 6 aromatic carbocycles. The van der Waals surface area contributed by atoms with Crippen LogP contribution in [0.25, 0.3) is 89.2 Å². The molecule has 0 saturated heterocycles. The molecule has 2 heterocycles. The van der Waals surface area contributed by atoms with Gasteiger partial charge in [0.15, 0.2) is 5.82 Å². The van der Waals surface area contributed by atoms with Crippen molar-refractivity contribution in [2.24, 2.45) is 0 Å². The second kappa shape index (κ2) is 11.0. The van der Waals surface area contributed by atoms with Crippen LogP contribution in [-0.4, -0.2) is 15.0 Å². The largest absolute Gasteiger partial charge is 0.264 e. The molecule has 8 aromatic rings. The molecule has 9 rings (SSSR count). The van der Waals surface area contributed by atoms with Crippen LogP contribution in [0.5, 0.6) is 0 Å². The van der Waals surface area contributed by atoms with Crippen molar-refractivity contribution in [3.05, 3.63) is 164 Å². The Kier molecular flexibility index (Phi) is 6.36. The third-order valence-corrected chi connectivity index (χ3v) is 9.33. The number of hydrogen-bond acceptors (Lipinski definition) is 3. The number of aromatic nitrogens is 3. The summed E-state index contributed by atoms with van der Waals surface area (Å²) in [7, 11) is 0. The molecule has 220 valence electrons. The molecule has 3 nitrogen and oxygen atoms in total. The quantitative estimate of drug-likeness (QED) is 0.198. The summed E-state index contributed by atoms with van der Waals surface area (Å²) in [6.45, 7) is 2.11. The summed E-state index contributed by atoms with van der Waals surface area (Å²) in [5.74, 6) is 0.701. The highest BCUT2D eigenvalue weighted by molar-refractivity contribution is 6.18. The van der Waals surface area contributed by atoms with Crippen LogP contribution in [0, 0.1) is 6.92 Å². The summed E-state index contributed by atoms with van der Waals surface area (Å²) in [6, 6.07) is 51.7. The summed E-state index contributed by atoms with van der Waals surface area (Å²) in [6.07, 6.45) is 3.75. The van der Waals surface area contributed by atoms with Crippen LogP contribution in [-0.2, 0) is 0 Å². The predicted octanol–water partition coefficient (Wildman–Crippen LogP) is 11.3. The zero-order chi connectivity index (χ0) is 31.3. The number of hydrogen-bond donors (Lipinski definition) is 0. The van der Waals surface area contributed by atoms with Gasteiger partial charge in [-0.3, -0.25) is 4.98 Å². The molecule has 0 N–H and O–H groups in total. The molecular weight excluding hydrogens is 571 g/mol. The highest BCUT2D eigenvalue weighted by atomic mass is 14.9. The fourth-order valence-corrected chi connectivity index (χ4v) is 6.93. The second-order valence-electron chi connectivity index (χ2n) is 12.1. The van der Waals surface area contributed by atoms with Crippen molar-refractivity contribution < 1.29 is 0 Å². The van der Waals surface area contributed by atoms with Gasteiger partial charge in [-0.05, 0) is 74.3 Å². The highest BCUT2D eigenvalue weighted by Crippen LogP contribution is 2.49. The van der Waals surface area contributed by atoms with Gasteiger partial charge in [-0.25, -0.2) is 9.97 Å². The Bertz CT molecular complexity index is 2420. The second-order valence-corrected chi connectivity index (χ2v) is 12.1. The molecule has 0 unspecified atom stereocenters. The van der Waals surface area contributed by atoms with E-state index in [0.29, 0.717) is 5.82 Å². The fraction of sp³-hybridized carbons (Fsp3) is 0.0227. The van der Waals surface area contributed by atoms with Crippen LogP contribution < -0.4 is 0 Å². The Balaban J connectivity index is 1.11. The summed E-state index contributed by atoms with van der Waals surface area (Å²) in [5.41, 5.74) is 16.0. The average molecular weight is 600 g/mol. The Hall–Kier alpha value is -6.19. The van der Waals surface area contributed by atoms with Crippen molar-refractivity contribution in [1.29, 1.82) is 0 Å². The lowest BCUT2D eigenvalue weighted by molar-refractivity contribution is 1.18. The van der Waals surface area contributed by atoms with Crippen molar-refractivity contribution in [2.75, 3.05) is 0 Å². The average Bonchev–Trinajstić information content (AvgIpc) is 3.47. The highest BCUT2D eigenvalue weighted by Gasteiger charge is 2.22. The summed E-state index contributed by atoms with van der Waals surface area (Å²) in [4.78, 5) is 14.5. The monoisotopic (exact) mass is 599 g/mol. The van der Waals surface area contributed by atoms with Gasteiger partial charge in [0.2, 0.25) is 0 Å². The van der Waals surface area contributed by atoms with Crippen LogP contribution in [0.1, 0.15) is 5.56 Å². The number of pyridine rings is 1. The van der Waals surface area contributed by atoms with Crippen LogP contribution >= 0.6 is 0 Å². The Morgan fingerprint density at radius 1 is 0.404 bits per heavy atom. The van der Waals surface area contributed by atoms with E-state index in [4.69, 9.17) is 9.97 Å². The lowest BCUT2D eigenvalue weighted by Gasteiger charge is -2.12. The van der Waals surface area contributed by atoms with Gasteiger partial charge in [0.25, 0.3) is 0 Å². The number of benzene rings is 6. The van der Waals surface area contributed by atoms with Crippen molar-refractivity contribution in [2.45, 2.75) is 6.92 Å². The van der Waals surface area contributed by atoms with Gasteiger partial charge >= 0.3 is 0 Å². The first-order valence-electron chi connectivity index (χ1n) is 15.9. The molecule has 0 aliphatic heterocycles. The standard InChI is InChI=1S/C44H29N3/c1-28-24-25-45-27-40(28)30-16-20-33(21-17-30)44-46-41(31-8-3-2-4-9-31)26-42(47-44)32-18-14-29(15-19-32)34-22-23-39-36-11-6-5-10-35(36)38-13-7-12-37(34)43(38)39/h2-27H,1H3. The molecule has 1 aliphatic carbocycles. The minimum Gasteiger partial charge on any atom is -0.264 e. The van der Waals surface area contributed by atoms with Crippen molar-refractivity contribution in [1.82, 2.24) is 15.0 Å². The number of rotatable bonds is 5. The molecule has 3 heteroatoms. The van der Waals surface area contributed by atoms with Crippen LogP contribution in [0.3, 0.4) is 0 Å². The smallest absolute Gasteiger partial charge is 0.160 e. The minimum atomic E-state index is 0.701. The molecule has 0 bridgehead atoms. The maximum atomic E-state index is 5.10. The molecule has 0 fully saturated rings. The van der Waals surface area contributed by atoms with E-state index < -0.39 is 0 Å². The summed E-state index contributed by atoms with van der Waals surface area (Å²) in [5, 5.41) is 2.62. The van der Waals surface area contributed by atoms with E-state index in [-0.39, 0.29) is 0 Å². The third-order valence-electron chi connectivity index (χ3n) is 9.33. The number of fused-ring (bicyclic) bond motifs is 3. The predicted molar refractivity (Wildman–Crippen MR) is 194 cm³/mol. The summed E-state index contributed by atoms with van der Waals surface area (Å²) < 4.78 is 0. The SMILES string of the molecule is Cc1ccncc1-c1ccc(-c2nc(-c3ccccc3)cc(-c3ccc(-c4ccc5c6c(cccc46)-c4ccccc4-5)cc3)n2)cc1. The van der Waals surface area contributed by atoms with E-state index in [1.165, 1.54) is 49.7 Å². The maximum absolute atomic E-state index is 5.10. The van der Waals surface area contributed by atoms with E-state index in [0.717, 1.165) is 39.2 Å². The molecule has 47 heavy (non-hydrogen) atoms. The molecule has 0 atom stereocenters. The Labute approximate surface area is 273 Å². The van der Waals surface area contributed by atoms with Gasteiger partial charge in [-0.2, -0.15) is 0 Å². The Morgan fingerprint density at radius 3 is 1.66 bits per heavy atom. The van der Waals surface area contributed by atoms with Gasteiger partial charge in [-0.1, -0.05) is 133 Å². The normalized spacial score (nSPS) is 11.5. The number of nitrogens with zero attached hydrogens (tertiary/aromatic N) is 3. The lowest BCUT2D eigenvalue weighted by atomic mass is 9.93. The van der Waals surface area contributed by atoms with Crippen molar-refractivity contribution in [3.8, 4) is 78.4 Å². The van der Waals surface area contributed by atoms with E-state index in [1.807, 2.05) is 36.7 Å². The first kappa shape index (κ1) is 27.1. The molecule has 0 spiro atoms. The van der Waals surface area contributed by atoms with Crippen LogP contribution in [0.2, 0.25) is 0 Å². The minimum absolute atomic E-state index is 0.701. The first-order chi connectivity index (χ1) is 23.2. The Morgan fingerprint density at radius 2 is 0.957 bits per heavy atom. The summed E-state index contributed by atoms with van der Waals surface area (Å²) >= 11 is 0. The maximum Gasteiger partial charge on any atom is 0.160 e. The van der Waals surface area contributed by atoms with Crippen LogP contribution in [0.15, 0.2) is 158 Å². The van der Waals surface area contributed by atoms with Crippen molar-refractivity contribution in [3.63, 3.8) is 0 Å². The van der Waals surface area contributed by atoms with Gasteiger partial charge in [0, 0.05) is 34.6 Å². The molecular formula is C44H29N3. The van der Waals surface area contributed by atoms with E-state index in [1.54, 1.807) is 0 Å². The van der Waals surface area contributed by atoms with Gasteiger partial charge in [-0.15, -0.1) is 0 Å². The van der Waals surface area contributed by atoms with E-state index in [9.17, 15) is 0 Å². The zero-order valence-corrected chi connectivity index (χ0v) is 25.9. The van der Waals surface area contributed by atoms with Crippen LogP contribution in [0.4, 0.5) is 0 Å². The van der Waals surface area contributed by atoms with E-state index in [2.05, 4.69) is 133 Å². The van der Waals surface area contributed by atoms with E-state index >= 15 is 0 Å². The molecule has 0 amide bonds. The molecule has 0 radical (unpaired) electrons. The fourth-order valence-electron chi connectivity index (χ4n) is 6.93.